The summed E-state index contributed by atoms with van der Waals surface area (Å²) < 4.78 is 0. The Morgan fingerprint density at radius 3 is 2.94 bits per heavy atom. The number of aromatic nitrogens is 1. The van der Waals surface area contributed by atoms with E-state index in [1.807, 2.05) is 17.9 Å². The van der Waals surface area contributed by atoms with Gasteiger partial charge in [0, 0.05) is 24.3 Å². The van der Waals surface area contributed by atoms with Crippen LogP contribution >= 0.6 is 0 Å². The Labute approximate surface area is 107 Å². The summed E-state index contributed by atoms with van der Waals surface area (Å²) in [5.74, 6) is 6.59. The monoisotopic (exact) mass is 248 g/mol. The van der Waals surface area contributed by atoms with Gasteiger partial charge in [0.2, 0.25) is 0 Å². The first kappa shape index (κ1) is 12.8. The molecule has 1 saturated heterocycles. The molecule has 1 atom stereocenters. The number of hydrogen-bond donors (Lipinski definition) is 2. The number of anilines is 1. The zero-order valence-corrected chi connectivity index (χ0v) is 10.9. The lowest BCUT2D eigenvalue weighted by molar-refractivity contribution is 0.0788. The molecule has 1 aliphatic rings. The first-order valence-corrected chi connectivity index (χ1v) is 6.41. The van der Waals surface area contributed by atoms with E-state index in [-0.39, 0.29) is 5.91 Å². The average molecular weight is 248 g/mol. The Kier molecular flexibility index (Phi) is 3.81. The molecule has 1 unspecified atom stereocenters. The molecule has 0 saturated carbocycles. The molecule has 5 heteroatoms. The highest BCUT2D eigenvalue weighted by atomic mass is 16.2. The summed E-state index contributed by atoms with van der Waals surface area (Å²) in [6, 6.07) is 3.57. The van der Waals surface area contributed by atoms with Gasteiger partial charge in [-0.05, 0) is 30.9 Å². The zero-order chi connectivity index (χ0) is 13.1. The van der Waals surface area contributed by atoms with E-state index in [9.17, 15) is 4.79 Å². The highest BCUT2D eigenvalue weighted by molar-refractivity contribution is 5.95. The van der Waals surface area contributed by atoms with E-state index in [2.05, 4.69) is 17.3 Å². The van der Waals surface area contributed by atoms with Crippen LogP contribution in [-0.4, -0.2) is 28.9 Å². The zero-order valence-electron chi connectivity index (χ0n) is 10.9. The fraction of sp³-hybridized carbons (Fsp3) is 0.538. The lowest BCUT2D eigenvalue weighted by atomic mass is 10.1. The minimum atomic E-state index is 0.0768. The van der Waals surface area contributed by atoms with Gasteiger partial charge in [-0.25, -0.2) is 10.8 Å². The standard InChI is InChI=1S/C13H20N4O/c1-3-11-6-10(7-12(15-11)16-14)13(18)17-5-4-9(2)8-17/h6-7,9H,3-5,8,14H2,1-2H3,(H,15,16). The Bertz CT molecular complexity index is 424. The van der Waals surface area contributed by atoms with Gasteiger partial charge in [-0.3, -0.25) is 4.79 Å². The van der Waals surface area contributed by atoms with Gasteiger partial charge >= 0.3 is 0 Å². The predicted octanol–water partition coefficient (Wildman–Crippen LogP) is 1.41. The molecule has 5 nitrogen and oxygen atoms in total. The van der Waals surface area contributed by atoms with Crippen LogP contribution in [0.2, 0.25) is 0 Å². The molecule has 98 valence electrons. The van der Waals surface area contributed by atoms with E-state index in [0.29, 0.717) is 17.3 Å². The molecule has 18 heavy (non-hydrogen) atoms. The summed E-state index contributed by atoms with van der Waals surface area (Å²) in [6.45, 7) is 5.86. The maximum absolute atomic E-state index is 12.4. The first-order chi connectivity index (χ1) is 8.63. The average Bonchev–Trinajstić information content (AvgIpc) is 2.83. The minimum absolute atomic E-state index is 0.0768. The van der Waals surface area contributed by atoms with Crippen molar-refractivity contribution in [2.75, 3.05) is 18.5 Å². The molecule has 0 radical (unpaired) electrons. The summed E-state index contributed by atoms with van der Waals surface area (Å²) in [6.07, 6.45) is 1.87. The van der Waals surface area contributed by atoms with Crippen LogP contribution in [0.25, 0.3) is 0 Å². The van der Waals surface area contributed by atoms with Crippen LogP contribution < -0.4 is 11.3 Å². The highest BCUT2D eigenvalue weighted by Crippen LogP contribution is 2.19. The van der Waals surface area contributed by atoms with E-state index in [4.69, 9.17) is 5.84 Å². The molecule has 1 amide bonds. The third kappa shape index (κ3) is 2.61. The summed E-state index contributed by atoms with van der Waals surface area (Å²) in [7, 11) is 0. The number of nitrogens with zero attached hydrogens (tertiary/aromatic N) is 2. The second-order valence-corrected chi connectivity index (χ2v) is 4.88. The molecule has 0 spiro atoms. The highest BCUT2D eigenvalue weighted by Gasteiger charge is 2.24. The lowest BCUT2D eigenvalue weighted by Crippen LogP contribution is -2.28. The van der Waals surface area contributed by atoms with Crippen molar-refractivity contribution in [2.24, 2.45) is 11.8 Å². The van der Waals surface area contributed by atoms with Gasteiger partial charge in [0.15, 0.2) is 0 Å². The van der Waals surface area contributed by atoms with Crippen molar-refractivity contribution >= 4 is 11.7 Å². The summed E-state index contributed by atoms with van der Waals surface area (Å²) in [5.41, 5.74) is 4.06. The third-order valence-electron chi connectivity index (χ3n) is 3.35. The number of hydrogen-bond acceptors (Lipinski definition) is 4. The number of amides is 1. The lowest BCUT2D eigenvalue weighted by Gasteiger charge is -2.16. The summed E-state index contributed by atoms with van der Waals surface area (Å²) in [5, 5.41) is 0. The van der Waals surface area contributed by atoms with Crippen molar-refractivity contribution in [3.63, 3.8) is 0 Å². The molecular weight excluding hydrogens is 228 g/mol. The number of rotatable bonds is 3. The van der Waals surface area contributed by atoms with Crippen molar-refractivity contribution in [3.05, 3.63) is 23.4 Å². The second-order valence-electron chi connectivity index (χ2n) is 4.88. The fourth-order valence-corrected chi connectivity index (χ4v) is 2.27. The van der Waals surface area contributed by atoms with Gasteiger partial charge in [-0.15, -0.1) is 0 Å². The maximum atomic E-state index is 12.4. The number of nitrogens with one attached hydrogen (secondary N) is 1. The Hall–Kier alpha value is -1.62. The second kappa shape index (κ2) is 5.35. The van der Waals surface area contributed by atoms with Crippen molar-refractivity contribution in [3.8, 4) is 0 Å². The van der Waals surface area contributed by atoms with Gasteiger partial charge in [0.25, 0.3) is 5.91 Å². The normalized spacial score (nSPS) is 19.1. The SMILES string of the molecule is CCc1cc(C(=O)N2CCC(C)C2)cc(NN)n1. The molecule has 1 fully saturated rings. The smallest absolute Gasteiger partial charge is 0.254 e. The van der Waals surface area contributed by atoms with Crippen LogP contribution in [0.5, 0.6) is 0 Å². The van der Waals surface area contributed by atoms with E-state index in [0.717, 1.165) is 31.6 Å². The van der Waals surface area contributed by atoms with Gasteiger partial charge in [-0.1, -0.05) is 13.8 Å². The Morgan fingerprint density at radius 2 is 2.39 bits per heavy atom. The van der Waals surface area contributed by atoms with Gasteiger partial charge in [0.05, 0.1) is 0 Å². The van der Waals surface area contributed by atoms with Gasteiger partial charge in [-0.2, -0.15) is 0 Å². The van der Waals surface area contributed by atoms with Gasteiger partial charge < -0.3 is 10.3 Å². The molecule has 1 aliphatic heterocycles. The quantitative estimate of drug-likeness (QED) is 0.626. The van der Waals surface area contributed by atoms with E-state index < -0.39 is 0 Å². The molecule has 0 aromatic carbocycles. The Morgan fingerprint density at radius 1 is 1.61 bits per heavy atom. The van der Waals surface area contributed by atoms with Crippen LogP contribution in [0, 0.1) is 5.92 Å². The van der Waals surface area contributed by atoms with Crippen molar-refractivity contribution < 1.29 is 4.79 Å². The van der Waals surface area contributed by atoms with Crippen LogP contribution in [-0.2, 0) is 6.42 Å². The number of aryl methyl sites for hydroxylation is 1. The summed E-state index contributed by atoms with van der Waals surface area (Å²) in [4.78, 5) is 18.5. The van der Waals surface area contributed by atoms with E-state index >= 15 is 0 Å². The summed E-state index contributed by atoms with van der Waals surface area (Å²) >= 11 is 0. The van der Waals surface area contributed by atoms with Crippen LogP contribution in [0.3, 0.4) is 0 Å². The fourth-order valence-electron chi connectivity index (χ4n) is 2.27. The molecule has 1 aromatic heterocycles. The predicted molar refractivity (Wildman–Crippen MR) is 71.1 cm³/mol. The van der Waals surface area contributed by atoms with Crippen molar-refractivity contribution in [1.82, 2.24) is 9.88 Å². The Balaban J connectivity index is 2.24. The molecule has 1 aromatic rings. The molecular formula is C13H20N4O. The molecule has 2 rings (SSSR count). The third-order valence-corrected chi connectivity index (χ3v) is 3.35. The number of nitrogen functional groups attached to an aromatic ring is 1. The number of likely N-dealkylation sites (tertiary alicyclic amines) is 1. The largest absolute Gasteiger partial charge is 0.338 e. The molecule has 3 N–H and O–H groups in total. The number of hydrazine groups is 1. The number of nitrogens with two attached hydrogens (primary N) is 1. The molecule has 0 aliphatic carbocycles. The van der Waals surface area contributed by atoms with Crippen LogP contribution in [0.1, 0.15) is 36.3 Å². The van der Waals surface area contributed by atoms with Crippen LogP contribution in [0.4, 0.5) is 5.82 Å². The van der Waals surface area contributed by atoms with Crippen molar-refractivity contribution in [2.45, 2.75) is 26.7 Å². The van der Waals surface area contributed by atoms with Gasteiger partial charge in [0.1, 0.15) is 5.82 Å². The van der Waals surface area contributed by atoms with Crippen LogP contribution in [0.15, 0.2) is 12.1 Å². The van der Waals surface area contributed by atoms with Crippen molar-refractivity contribution in [1.29, 1.82) is 0 Å². The molecule has 0 bridgehead atoms. The number of carbonyl (C=O) groups is 1. The van der Waals surface area contributed by atoms with E-state index in [1.165, 1.54) is 0 Å². The number of pyridine rings is 1. The minimum Gasteiger partial charge on any atom is -0.338 e. The topological polar surface area (TPSA) is 71.2 Å². The maximum Gasteiger partial charge on any atom is 0.254 e. The first-order valence-electron chi connectivity index (χ1n) is 6.41. The number of carbonyl (C=O) groups excluding carboxylic acids is 1. The molecule has 2 heterocycles. The van der Waals surface area contributed by atoms with E-state index in [1.54, 1.807) is 6.07 Å².